The number of nitrogens with two attached hydrogens (primary N) is 1. The van der Waals surface area contributed by atoms with E-state index in [0.717, 1.165) is 16.5 Å². The molecule has 6 heteroatoms. The molecular formula is C14H22BrNO3S. The predicted octanol–water partition coefficient (Wildman–Crippen LogP) is 2.54. The van der Waals surface area contributed by atoms with Gasteiger partial charge in [-0.2, -0.15) is 0 Å². The molecular weight excluding hydrogens is 342 g/mol. The molecule has 0 unspecified atom stereocenters. The van der Waals surface area contributed by atoms with Gasteiger partial charge in [0.1, 0.15) is 12.4 Å². The van der Waals surface area contributed by atoms with Crippen molar-refractivity contribution < 1.29 is 13.2 Å². The zero-order valence-electron chi connectivity index (χ0n) is 12.1. The molecule has 2 N–H and O–H groups in total. The smallest absolute Gasteiger partial charge is 0.158 e. The first-order valence-electron chi connectivity index (χ1n) is 6.51. The van der Waals surface area contributed by atoms with Crippen LogP contribution in [0.5, 0.6) is 5.75 Å². The highest BCUT2D eigenvalue weighted by Crippen LogP contribution is 2.26. The highest BCUT2D eigenvalue weighted by molar-refractivity contribution is 9.10. The Bertz CT molecular complexity index is 550. The van der Waals surface area contributed by atoms with Crippen molar-refractivity contribution in [2.24, 2.45) is 5.73 Å². The number of sulfone groups is 1. The second kappa shape index (κ2) is 6.91. The zero-order chi connectivity index (χ0) is 15.4. The van der Waals surface area contributed by atoms with Gasteiger partial charge in [-0.25, -0.2) is 8.42 Å². The summed E-state index contributed by atoms with van der Waals surface area (Å²) in [5.74, 6) is 0.655. The van der Waals surface area contributed by atoms with Gasteiger partial charge in [0.05, 0.1) is 15.0 Å². The van der Waals surface area contributed by atoms with Crippen molar-refractivity contribution in [3.05, 3.63) is 28.2 Å². The molecule has 114 valence electrons. The van der Waals surface area contributed by atoms with Gasteiger partial charge in [-0.15, -0.1) is 0 Å². The summed E-state index contributed by atoms with van der Waals surface area (Å²) in [5, 5.41) is 0. The van der Waals surface area contributed by atoms with Gasteiger partial charge >= 0.3 is 0 Å². The molecule has 1 aromatic rings. The molecule has 0 spiro atoms. The Morgan fingerprint density at radius 3 is 2.45 bits per heavy atom. The fourth-order valence-corrected chi connectivity index (χ4v) is 3.01. The molecule has 20 heavy (non-hydrogen) atoms. The molecule has 0 saturated carbocycles. The third-order valence-electron chi connectivity index (χ3n) is 2.97. The molecule has 1 aromatic carbocycles. The van der Waals surface area contributed by atoms with Crippen LogP contribution in [0.4, 0.5) is 0 Å². The van der Waals surface area contributed by atoms with E-state index in [1.807, 2.05) is 18.2 Å². The minimum atomic E-state index is -3.15. The summed E-state index contributed by atoms with van der Waals surface area (Å²) >= 11 is 3.42. The minimum absolute atomic E-state index is 0.00743. The average Bonchev–Trinajstić information content (AvgIpc) is 2.30. The van der Waals surface area contributed by atoms with Gasteiger partial charge in [0.25, 0.3) is 0 Å². The Hall–Kier alpha value is -0.590. The van der Waals surface area contributed by atoms with Crippen LogP contribution in [0.25, 0.3) is 0 Å². The van der Waals surface area contributed by atoms with Crippen LogP contribution in [0, 0.1) is 0 Å². The van der Waals surface area contributed by atoms with Crippen LogP contribution in [-0.4, -0.2) is 32.1 Å². The fraction of sp³-hybridized carbons (Fsp3) is 0.571. The van der Waals surface area contributed by atoms with E-state index in [4.69, 9.17) is 10.5 Å². The molecule has 0 atom stereocenters. The van der Waals surface area contributed by atoms with Gasteiger partial charge in [0.2, 0.25) is 0 Å². The van der Waals surface area contributed by atoms with Gasteiger partial charge in [-0.05, 0) is 67.4 Å². The topological polar surface area (TPSA) is 69.4 Å². The van der Waals surface area contributed by atoms with Crippen LogP contribution >= 0.6 is 15.9 Å². The zero-order valence-corrected chi connectivity index (χ0v) is 14.6. The van der Waals surface area contributed by atoms with E-state index in [9.17, 15) is 8.42 Å². The Labute approximate surface area is 129 Å². The first-order valence-corrected chi connectivity index (χ1v) is 8.95. The number of halogens is 1. The monoisotopic (exact) mass is 363 g/mol. The molecule has 0 aromatic heterocycles. The van der Waals surface area contributed by atoms with Crippen molar-refractivity contribution in [2.75, 3.05) is 18.9 Å². The molecule has 0 fully saturated rings. The quantitative estimate of drug-likeness (QED) is 0.842. The Kier molecular flexibility index (Phi) is 6.04. The lowest BCUT2D eigenvalue weighted by atomic mass is 10.1. The van der Waals surface area contributed by atoms with Crippen LogP contribution in [0.3, 0.4) is 0 Å². The van der Waals surface area contributed by atoms with Crippen LogP contribution < -0.4 is 10.5 Å². The van der Waals surface area contributed by atoms with Crippen molar-refractivity contribution >= 4 is 25.8 Å². The first-order chi connectivity index (χ1) is 9.17. The van der Waals surface area contributed by atoms with E-state index in [1.165, 1.54) is 0 Å². The number of hydrogen-bond acceptors (Lipinski definition) is 4. The van der Waals surface area contributed by atoms with E-state index in [-0.39, 0.29) is 12.4 Å². The summed E-state index contributed by atoms with van der Waals surface area (Å²) in [6.45, 7) is 5.82. The van der Waals surface area contributed by atoms with Gasteiger partial charge in [-0.1, -0.05) is 6.07 Å². The van der Waals surface area contributed by atoms with Crippen molar-refractivity contribution in [2.45, 2.75) is 31.9 Å². The van der Waals surface area contributed by atoms with Gasteiger partial charge < -0.3 is 10.5 Å². The van der Waals surface area contributed by atoms with Gasteiger partial charge in [0, 0.05) is 0 Å². The maximum atomic E-state index is 12.0. The number of rotatable bonds is 6. The van der Waals surface area contributed by atoms with E-state index >= 15 is 0 Å². The first kappa shape index (κ1) is 17.5. The van der Waals surface area contributed by atoms with E-state index in [1.54, 1.807) is 20.8 Å². The minimum Gasteiger partial charge on any atom is -0.491 e. The molecule has 0 aliphatic rings. The Morgan fingerprint density at radius 2 is 1.95 bits per heavy atom. The number of hydrogen-bond donors (Lipinski definition) is 1. The maximum absolute atomic E-state index is 12.0. The molecule has 0 aliphatic carbocycles. The molecule has 0 amide bonds. The summed E-state index contributed by atoms with van der Waals surface area (Å²) < 4.78 is 29.5. The fourth-order valence-electron chi connectivity index (χ4n) is 1.55. The Morgan fingerprint density at radius 1 is 1.30 bits per heavy atom. The van der Waals surface area contributed by atoms with E-state index in [0.29, 0.717) is 12.3 Å². The van der Waals surface area contributed by atoms with Crippen molar-refractivity contribution in [1.82, 2.24) is 0 Å². The highest BCUT2D eigenvalue weighted by atomic mass is 79.9. The normalized spacial score (nSPS) is 12.4. The van der Waals surface area contributed by atoms with Gasteiger partial charge in [-0.3, -0.25) is 0 Å². The van der Waals surface area contributed by atoms with E-state index < -0.39 is 14.6 Å². The molecule has 0 heterocycles. The average molecular weight is 364 g/mol. The van der Waals surface area contributed by atoms with Crippen molar-refractivity contribution in [1.29, 1.82) is 0 Å². The second-order valence-electron chi connectivity index (χ2n) is 5.58. The predicted molar refractivity (Wildman–Crippen MR) is 85.9 cm³/mol. The summed E-state index contributed by atoms with van der Waals surface area (Å²) in [4.78, 5) is 0. The standard InChI is InChI=1S/C14H22BrNO3S/c1-14(2,3)20(17,18)9-8-19-13-5-4-11(6-7-16)10-12(13)15/h4-5,10H,6-9,16H2,1-3H3. The van der Waals surface area contributed by atoms with Crippen LogP contribution in [0.1, 0.15) is 26.3 Å². The lowest BCUT2D eigenvalue weighted by Crippen LogP contribution is -2.32. The third kappa shape index (κ3) is 4.75. The van der Waals surface area contributed by atoms with Crippen LogP contribution in [0.2, 0.25) is 0 Å². The third-order valence-corrected chi connectivity index (χ3v) is 6.16. The van der Waals surface area contributed by atoms with E-state index in [2.05, 4.69) is 15.9 Å². The van der Waals surface area contributed by atoms with Crippen molar-refractivity contribution in [3.8, 4) is 5.75 Å². The Balaban J connectivity index is 2.63. The second-order valence-corrected chi connectivity index (χ2v) is 9.30. The summed E-state index contributed by atoms with van der Waals surface area (Å²) in [6, 6.07) is 5.71. The number of ether oxygens (including phenoxy) is 1. The van der Waals surface area contributed by atoms with Crippen molar-refractivity contribution in [3.63, 3.8) is 0 Å². The van der Waals surface area contributed by atoms with Crippen LogP contribution in [-0.2, 0) is 16.3 Å². The molecule has 1 rings (SSSR count). The number of benzene rings is 1. The molecule has 0 radical (unpaired) electrons. The van der Waals surface area contributed by atoms with Crippen LogP contribution in [0.15, 0.2) is 22.7 Å². The summed E-state index contributed by atoms with van der Waals surface area (Å²) in [6.07, 6.45) is 0.803. The SMILES string of the molecule is CC(C)(C)S(=O)(=O)CCOc1ccc(CCN)cc1Br. The largest absolute Gasteiger partial charge is 0.491 e. The van der Waals surface area contributed by atoms with Gasteiger partial charge in [0.15, 0.2) is 9.84 Å². The molecule has 4 nitrogen and oxygen atoms in total. The summed E-state index contributed by atoms with van der Waals surface area (Å²) in [7, 11) is -3.15. The molecule has 0 aliphatic heterocycles. The molecule has 0 saturated heterocycles. The summed E-state index contributed by atoms with van der Waals surface area (Å²) in [5.41, 5.74) is 6.62. The lowest BCUT2D eigenvalue weighted by Gasteiger charge is -2.19. The maximum Gasteiger partial charge on any atom is 0.158 e. The molecule has 0 bridgehead atoms. The lowest BCUT2D eigenvalue weighted by molar-refractivity contribution is 0.337. The highest BCUT2D eigenvalue weighted by Gasteiger charge is 2.28.